The summed E-state index contributed by atoms with van der Waals surface area (Å²) in [6, 6.07) is 4.59. The molecule has 0 N–H and O–H groups in total. The van der Waals surface area contributed by atoms with Crippen LogP contribution in [0.15, 0.2) is 24.5 Å². The number of imide groups is 1. The highest BCUT2D eigenvalue weighted by molar-refractivity contribution is 7.99. The first-order chi connectivity index (χ1) is 15.0. The van der Waals surface area contributed by atoms with Crippen LogP contribution in [0.4, 0.5) is 4.79 Å². The van der Waals surface area contributed by atoms with Crippen LogP contribution in [0.5, 0.6) is 0 Å². The van der Waals surface area contributed by atoms with E-state index in [0.717, 1.165) is 45.2 Å². The maximum atomic E-state index is 13.6. The van der Waals surface area contributed by atoms with E-state index < -0.39 is 5.54 Å². The van der Waals surface area contributed by atoms with E-state index in [4.69, 9.17) is 0 Å². The molecule has 1 aromatic rings. The van der Waals surface area contributed by atoms with Crippen molar-refractivity contribution in [3.63, 3.8) is 0 Å². The molecule has 0 saturated carbocycles. The normalized spacial score (nSPS) is 24.2. The van der Waals surface area contributed by atoms with Gasteiger partial charge in [-0.3, -0.25) is 19.6 Å². The first-order valence-electron chi connectivity index (χ1n) is 11.9. The molecule has 3 amide bonds. The number of aryl methyl sites for hydroxylation is 1. The van der Waals surface area contributed by atoms with Gasteiger partial charge in [-0.1, -0.05) is 13.8 Å². The Morgan fingerprint density at radius 2 is 1.90 bits per heavy atom. The van der Waals surface area contributed by atoms with Crippen LogP contribution < -0.4 is 0 Å². The number of amides is 3. The monoisotopic (exact) mass is 444 g/mol. The van der Waals surface area contributed by atoms with Gasteiger partial charge in [-0.2, -0.15) is 11.8 Å². The molecule has 3 aliphatic heterocycles. The molecule has 0 bridgehead atoms. The van der Waals surface area contributed by atoms with Gasteiger partial charge < -0.3 is 4.90 Å². The number of hydrogen-bond acceptors (Lipinski definition) is 5. The zero-order valence-electron chi connectivity index (χ0n) is 19.0. The second kappa shape index (κ2) is 9.90. The summed E-state index contributed by atoms with van der Waals surface area (Å²) in [7, 11) is 0. The van der Waals surface area contributed by atoms with Gasteiger partial charge in [0.15, 0.2) is 0 Å². The van der Waals surface area contributed by atoms with Gasteiger partial charge in [0.2, 0.25) is 0 Å². The van der Waals surface area contributed by atoms with Crippen LogP contribution in [-0.2, 0) is 11.2 Å². The molecule has 0 radical (unpaired) electrons. The largest absolute Gasteiger partial charge is 0.327 e. The Morgan fingerprint density at radius 3 is 2.55 bits per heavy atom. The first-order valence-corrected chi connectivity index (χ1v) is 13.0. The number of carbonyl (C=O) groups excluding carboxylic acids is 2. The molecular formula is C24H36N4O2S. The minimum atomic E-state index is -0.620. The summed E-state index contributed by atoms with van der Waals surface area (Å²) >= 11 is 2.03. The second-order valence-electron chi connectivity index (χ2n) is 9.62. The summed E-state index contributed by atoms with van der Waals surface area (Å²) in [5.74, 6) is 3.01. The fourth-order valence-electron chi connectivity index (χ4n) is 5.22. The third kappa shape index (κ3) is 4.77. The van der Waals surface area contributed by atoms with Crippen molar-refractivity contribution in [3.8, 4) is 0 Å². The number of piperidine rings is 1. The Balaban J connectivity index is 1.44. The first kappa shape index (κ1) is 22.6. The number of hydrogen-bond donors (Lipinski definition) is 0. The molecule has 4 heterocycles. The minimum absolute atomic E-state index is 0.0523. The van der Waals surface area contributed by atoms with Crippen molar-refractivity contribution < 1.29 is 9.59 Å². The number of rotatable bonds is 8. The molecule has 0 aliphatic carbocycles. The molecule has 0 aromatic carbocycles. The number of carbonyl (C=O) groups is 2. The van der Waals surface area contributed by atoms with Crippen LogP contribution in [0.25, 0.3) is 0 Å². The quantitative estimate of drug-likeness (QED) is 0.573. The molecule has 4 rings (SSSR count). The zero-order chi connectivity index (χ0) is 21.8. The van der Waals surface area contributed by atoms with Crippen LogP contribution in [0.3, 0.4) is 0 Å². The van der Waals surface area contributed by atoms with E-state index in [1.165, 1.54) is 23.5 Å². The topological polar surface area (TPSA) is 56.8 Å². The van der Waals surface area contributed by atoms with Gasteiger partial charge in [-0.05, 0) is 67.9 Å². The Kier molecular flexibility index (Phi) is 7.22. The Morgan fingerprint density at radius 1 is 1.16 bits per heavy atom. The number of thioether (sulfide) groups is 1. The molecule has 3 fully saturated rings. The maximum Gasteiger partial charge on any atom is 0.327 e. The Bertz CT molecular complexity index is 758. The molecular weight excluding hydrogens is 408 g/mol. The van der Waals surface area contributed by atoms with Crippen molar-refractivity contribution in [1.29, 1.82) is 0 Å². The number of nitrogens with zero attached hydrogens (tertiary/aromatic N) is 4. The van der Waals surface area contributed by atoms with Crippen molar-refractivity contribution in [1.82, 2.24) is 19.7 Å². The summed E-state index contributed by atoms with van der Waals surface area (Å²) in [6.07, 6.45) is 8.97. The summed E-state index contributed by atoms with van der Waals surface area (Å²) in [5, 5.41) is 0. The zero-order valence-corrected chi connectivity index (χ0v) is 19.8. The third-order valence-corrected chi connectivity index (χ3v) is 8.34. The molecule has 1 spiro atoms. The van der Waals surface area contributed by atoms with E-state index in [0.29, 0.717) is 25.0 Å². The van der Waals surface area contributed by atoms with Crippen LogP contribution in [0, 0.1) is 5.92 Å². The van der Waals surface area contributed by atoms with Crippen LogP contribution in [0.2, 0.25) is 0 Å². The van der Waals surface area contributed by atoms with Gasteiger partial charge in [-0.15, -0.1) is 0 Å². The van der Waals surface area contributed by atoms with Crippen molar-refractivity contribution in [3.05, 3.63) is 30.1 Å². The molecule has 6 nitrogen and oxygen atoms in total. The predicted molar refractivity (Wildman–Crippen MR) is 125 cm³/mol. The highest BCUT2D eigenvalue weighted by Crippen LogP contribution is 2.39. The van der Waals surface area contributed by atoms with Gasteiger partial charge in [0, 0.05) is 50.4 Å². The molecule has 1 atom stereocenters. The molecule has 31 heavy (non-hydrogen) atoms. The number of aromatic nitrogens is 1. The van der Waals surface area contributed by atoms with Gasteiger partial charge in [-0.25, -0.2) is 4.79 Å². The van der Waals surface area contributed by atoms with E-state index in [1.807, 2.05) is 28.8 Å². The maximum absolute atomic E-state index is 13.6. The molecule has 1 aromatic heterocycles. The number of likely N-dealkylation sites (tertiary alicyclic amines) is 1. The Hall–Kier alpha value is -1.60. The summed E-state index contributed by atoms with van der Waals surface area (Å²) in [5.41, 5.74) is 0.577. The molecule has 3 saturated heterocycles. The van der Waals surface area contributed by atoms with E-state index in [-0.39, 0.29) is 11.9 Å². The average Bonchev–Trinajstić information content (AvgIpc) is 3.37. The highest BCUT2D eigenvalue weighted by Gasteiger charge is 2.57. The summed E-state index contributed by atoms with van der Waals surface area (Å²) in [6.45, 7) is 7.40. The molecule has 1 unspecified atom stereocenters. The predicted octanol–water partition coefficient (Wildman–Crippen LogP) is 3.66. The Labute approximate surface area is 190 Å². The van der Waals surface area contributed by atoms with Crippen molar-refractivity contribution in [2.75, 3.05) is 37.7 Å². The summed E-state index contributed by atoms with van der Waals surface area (Å²) in [4.78, 5) is 37.2. The van der Waals surface area contributed by atoms with E-state index in [2.05, 4.69) is 23.7 Å². The van der Waals surface area contributed by atoms with E-state index in [9.17, 15) is 9.59 Å². The van der Waals surface area contributed by atoms with E-state index in [1.54, 1.807) is 17.3 Å². The van der Waals surface area contributed by atoms with Crippen molar-refractivity contribution >= 4 is 23.7 Å². The lowest BCUT2D eigenvalue weighted by molar-refractivity contribution is -0.136. The van der Waals surface area contributed by atoms with Gasteiger partial charge in [0.1, 0.15) is 5.54 Å². The number of urea groups is 1. The molecule has 7 heteroatoms. The highest BCUT2D eigenvalue weighted by atomic mass is 32.2. The third-order valence-electron chi connectivity index (χ3n) is 7.20. The second-order valence-corrected chi connectivity index (χ2v) is 10.8. The van der Waals surface area contributed by atoms with Gasteiger partial charge >= 0.3 is 6.03 Å². The SMILES string of the molecule is CC(C)CCN1C(=O)N(CCCc2ccncc2)C(=O)C12CCN(C1CCSC1)CC2. The molecule has 3 aliphatic rings. The lowest BCUT2D eigenvalue weighted by atomic mass is 9.84. The minimum Gasteiger partial charge on any atom is -0.309 e. The smallest absolute Gasteiger partial charge is 0.309 e. The lowest BCUT2D eigenvalue weighted by Crippen LogP contribution is -2.58. The average molecular weight is 445 g/mol. The number of pyridine rings is 1. The fraction of sp³-hybridized carbons (Fsp3) is 0.708. The standard InChI is InChI=1S/C24H36N4O2S/c1-19(2)7-14-28-23(30)27(13-3-4-20-5-11-25-12-6-20)22(29)24(28)9-15-26(16-10-24)21-8-17-31-18-21/h5-6,11-12,19,21H,3-4,7-10,13-18H2,1-2H3. The molecule has 170 valence electrons. The van der Waals surface area contributed by atoms with Crippen LogP contribution in [0.1, 0.15) is 51.5 Å². The van der Waals surface area contributed by atoms with Gasteiger partial charge in [0.25, 0.3) is 5.91 Å². The van der Waals surface area contributed by atoms with E-state index >= 15 is 0 Å². The van der Waals surface area contributed by atoms with Crippen molar-refractivity contribution in [2.45, 2.75) is 64.0 Å². The van der Waals surface area contributed by atoms with Crippen molar-refractivity contribution in [2.24, 2.45) is 5.92 Å². The fourth-order valence-corrected chi connectivity index (χ4v) is 6.48. The summed E-state index contributed by atoms with van der Waals surface area (Å²) < 4.78 is 0. The lowest BCUT2D eigenvalue weighted by Gasteiger charge is -2.44. The van der Waals surface area contributed by atoms with Crippen LogP contribution in [-0.4, -0.2) is 80.9 Å². The van der Waals surface area contributed by atoms with Gasteiger partial charge in [0.05, 0.1) is 0 Å². The van der Waals surface area contributed by atoms with Crippen LogP contribution >= 0.6 is 11.8 Å².